The standard InChI is InChI=1S/C14H21ClO/c1-2-3-4-5-6-7-14(16)12-8-10-13(15)11-9-12/h8-11,14,16H,2-7H2,1H3. The maximum absolute atomic E-state index is 9.92. The fourth-order valence-corrected chi connectivity index (χ4v) is 1.92. The van der Waals surface area contributed by atoms with Gasteiger partial charge in [0, 0.05) is 5.02 Å². The maximum Gasteiger partial charge on any atom is 0.0790 e. The van der Waals surface area contributed by atoms with Gasteiger partial charge in [-0.05, 0) is 24.1 Å². The zero-order valence-corrected chi connectivity index (χ0v) is 10.7. The second kappa shape index (κ2) is 7.70. The van der Waals surface area contributed by atoms with E-state index >= 15 is 0 Å². The van der Waals surface area contributed by atoms with E-state index in [0.717, 1.165) is 23.4 Å². The van der Waals surface area contributed by atoms with Crippen LogP contribution in [-0.2, 0) is 0 Å². The Morgan fingerprint density at radius 2 is 1.69 bits per heavy atom. The van der Waals surface area contributed by atoms with E-state index in [1.54, 1.807) is 0 Å². The van der Waals surface area contributed by atoms with Crippen molar-refractivity contribution in [1.82, 2.24) is 0 Å². The smallest absolute Gasteiger partial charge is 0.0790 e. The van der Waals surface area contributed by atoms with Crippen LogP contribution in [0, 0.1) is 0 Å². The molecule has 0 aliphatic rings. The van der Waals surface area contributed by atoms with Gasteiger partial charge in [0.15, 0.2) is 0 Å². The predicted molar refractivity (Wildman–Crippen MR) is 69.8 cm³/mol. The van der Waals surface area contributed by atoms with Crippen LogP contribution in [-0.4, -0.2) is 5.11 Å². The Hall–Kier alpha value is -0.530. The fraction of sp³-hybridized carbons (Fsp3) is 0.571. The van der Waals surface area contributed by atoms with E-state index in [2.05, 4.69) is 6.92 Å². The summed E-state index contributed by atoms with van der Waals surface area (Å²) in [4.78, 5) is 0. The van der Waals surface area contributed by atoms with Crippen molar-refractivity contribution in [3.8, 4) is 0 Å². The average Bonchev–Trinajstić information content (AvgIpc) is 2.29. The SMILES string of the molecule is CCCCCCCC(O)c1ccc(Cl)cc1. The lowest BCUT2D eigenvalue weighted by Gasteiger charge is -2.10. The molecule has 1 N–H and O–H groups in total. The number of halogens is 1. The third-order valence-electron chi connectivity index (χ3n) is 2.84. The molecule has 0 fully saturated rings. The first kappa shape index (κ1) is 13.5. The molecule has 1 aromatic carbocycles. The first-order chi connectivity index (χ1) is 7.74. The Labute approximate surface area is 103 Å². The molecule has 0 saturated carbocycles. The molecule has 0 spiro atoms. The Morgan fingerprint density at radius 1 is 1.06 bits per heavy atom. The molecule has 0 amide bonds. The highest BCUT2D eigenvalue weighted by Gasteiger charge is 2.06. The van der Waals surface area contributed by atoms with Gasteiger partial charge in [0.2, 0.25) is 0 Å². The van der Waals surface area contributed by atoms with E-state index in [0.29, 0.717) is 0 Å². The predicted octanol–water partition coefficient (Wildman–Crippen LogP) is 4.73. The maximum atomic E-state index is 9.92. The molecular formula is C14H21ClO. The summed E-state index contributed by atoms with van der Waals surface area (Å²) in [5, 5.41) is 10.6. The van der Waals surface area contributed by atoms with Crippen LogP contribution in [0.25, 0.3) is 0 Å². The number of unbranched alkanes of at least 4 members (excludes halogenated alkanes) is 4. The summed E-state index contributed by atoms with van der Waals surface area (Å²) in [5.41, 5.74) is 0.972. The molecule has 1 unspecified atom stereocenters. The van der Waals surface area contributed by atoms with E-state index in [4.69, 9.17) is 11.6 Å². The monoisotopic (exact) mass is 240 g/mol. The summed E-state index contributed by atoms with van der Waals surface area (Å²) in [6.07, 6.45) is 6.69. The van der Waals surface area contributed by atoms with Crippen LogP contribution in [0.1, 0.15) is 57.1 Å². The second-order valence-electron chi connectivity index (χ2n) is 4.27. The molecular weight excluding hydrogens is 220 g/mol. The van der Waals surface area contributed by atoms with E-state index in [9.17, 15) is 5.11 Å². The van der Waals surface area contributed by atoms with Crippen LogP contribution in [0.2, 0.25) is 5.02 Å². The number of hydrogen-bond acceptors (Lipinski definition) is 1. The van der Waals surface area contributed by atoms with Crippen LogP contribution >= 0.6 is 11.6 Å². The minimum Gasteiger partial charge on any atom is -0.388 e. The number of hydrogen-bond donors (Lipinski definition) is 1. The fourth-order valence-electron chi connectivity index (χ4n) is 1.79. The molecule has 1 atom stereocenters. The van der Waals surface area contributed by atoms with Crippen molar-refractivity contribution in [2.24, 2.45) is 0 Å². The first-order valence-electron chi connectivity index (χ1n) is 6.17. The number of aliphatic hydroxyl groups is 1. The lowest BCUT2D eigenvalue weighted by Crippen LogP contribution is -1.96. The molecule has 0 heterocycles. The molecule has 0 radical (unpaired) electrons. The van der Waals surface area contributed by atoms with Gasteiger partial charge < -0.3 is 5.11 Å². The van der Waals surface area contributed by atoms with Gasteiger partial charge in [-0.15, -0.1) is 0 Å². The molecule has 0 saturated heterocycles. The Balaban J connectivity index is 2.24. The Morgan fingerprint density at radius 3 is 2.31 bits per heavy atom. The van der Waals surface area contributed by atoms with Crippen molar-refractivity contribution in [2.75, 3.05) is 0 Å². The van der Waals surface area contributed by atoms with Gasteiger partial charge in [-0.2, -0.15) is 0 Å². The Kier molecular flexibility index (Phi) is 6.51. The van der Waals surface area contributed by atoms with E-state index in [-0.39, 0.29) is 6.10 Å². The summed E-state index contributed by atoms with van der Waals surface area (Å²) in [6, 6.07) is 7.46. The zero-order chi connectivity index (χ0) is 11.8. The quantitative estimate of drug-likeness (QED) is 0.683. The second-order valence-corrected chi connectivity index (χ2v) is 4.71. The van der Waals surface area contributed by atoms with Gasteiger partial charge in [-0.25, -0.2) is 0 Å². The van der Waals surface area contributed by atoms with Crippen molar-refractivity contribution >= 4 is 11.6 Å². The third-order valence-corrected chi connectivity index (χ3v) is 3.09. The van der Waals surface area contributed by atoms with Crippen LogP contribution in [0.5, 0.6) is 0 Å². The first-order valence-corrected chi connectivity index (χ1v) is 6.55. The van der Waals surface area contributed by atoms with Crippen molar-refractivity contribution < 1.29 is 5.11 Å². The molecule has 0 bridgehead atoms. The van der Waals surface area contributed by atoms with Gasteiger partial charge >= 0.3 is 0 Å². The van der Waals surface area contributed by atoms with Gasteiger partial charge in [-0.3, -0.25) is 0 Å². The van der Waals surface area contributed by atoms with Crippen LogP contribution in [0.15, 0.2) is 24.3 Å². The molecule has 90 valence electrons. The highest BCUT2D eigenvalue weighted by Crippen LogP contribution is 2.21. The van der Waals surface area contributed by atoms with Gasteiger partial charge in [0.05, 0.1) is 6.10 Å². The average molecular weight is 241 g/mol. The van der Waals surface area contributed by atoms with E-state index < -0.39 is 0 Å². The summed E-state index contributed by atoms with van der Waals surface area (Å²) >= 11 is 5.80. The normalized spacial score (nSPS) is 12.7. The van der Waals surface area contributed by atoms with Crippen molar-refractivity contribution in [2.45, 2.75) is 51.6 Å². The number of aliphatic hydroxyl groups excluding tert-OH is 1. The summed E-state index contributed by atoms with van der Waals surface area (Å²) in [5.74, 6) is 0. The minimum absolute atomic E-state index is 0.334. The van der Waals surface area contributed by atoms with Gasteiger partial charge in [0.25, 0.3) is 0 Å². The number of benzene rings is 1. The molecule has 1 aromatic rings. The van der Waals surface area contributed by atoms with Crippen LogP contribution in [0.4, 0.5) is 0 Å². The number of rotatable bonds is 7. The van der Waals surface area contributed by atoms with Crippen molar-refractivity contribution in [1.29, 1.82) is 0 Å². The molecule has 16 heavy (non-hydrogen) atoms. The van der Waals surface area contributed by atoms with Gasteiger partial charge in [0.1, 0.15) is 0 Å². The molecule has 0 aromatic heterocycles. The lowest BCUT2D eigenvalue weighted by atomic mass is 10.0. The largest absolute Gasteiger partial charge is 0.388 e. The Bertz CT molecular complexity index is 281. The van der Waals surface area contributed by atoms with Crippen molar-refractivity contribution in [3.05, 3.63) is 34.9 Å². The highest BCUT2D eigenvalue weighted by molar-refractivity contribution is 6.30. The molecule has 0 aliphatic carbocycles. The lowest BCUT2D eigenvalue weighted by molar-refractivity contribution is 0.163. The summed E-state index contributed by atoms with van der Waals surface area (Å²) < 4.78 is 0. The van der Waals surface area contributed by atoms with E-state index in [1.807, 2.05) is 24.3 Å². The van der Waals surface area contributed by atoms with Gasteiger partial charge in [-0.1, -0.05) is 62.8 Å². The molecule has 1 nitrogen and oxygen atoms in total. The van der Waals surface area contributed by atoms with Crippen LogP contribution in [0.3, 0.4) is 0 Å². The summed E-state index contributed by atoms with van der Waals surface area (Å²) in [7, 11) is 0. The molecule has 1 rings (SSSR count). The third kappa shape index (κ3) is 5.00. The zero-order valence-electron chi connectivity index (χ0n) is 9.95. The van der Waals surface area contributed by atoms with E-state index in [1.165, 1.54) is 25.7 Å². The van der Waals surface area contributed by atoms with Crippen molar-refractivity contribution in [3.63, 3.8) is 0 Å². The highest BCUT2D eigenvalue weighted by atomic mass is 35.5. The minimum atomic E-state index is -0.334. The topological polar surface area (TPSA) is 20.2 Å². The molecule has 2 heteroatoms. The van der Waals surface area contributed by atoms with Crippen LogP contribution < -0.4 is 0 Å². The summed E-state index contributed by atoms with van der Waals surface area (Å²) in [6.45, 7) is 2.21. The molecule has 0 aliphatic heterocycles.